The van der Waals surface area contributed by atoms with Crippen LogP contribution < -0.4 is 5.32 Å². The van der Waals surface area contributed by atoms with Gasteiger partial charge in [0.05, 0.1) is 0 Å². The Morgan fingerprint density at radius 3 is 2.81 bits per heavy atom. The summed E-state index contributed by atoms with van der Waals surface area (Å²) in [5, 5.41) is 6.87. The van der Waals surface area contributed by atoms with Gasteiger partial charge in [0, 0.05) is 5.69 Å². The van der Waals surface area contributed by atoms with Gasteiger partial charge in [-0.1, -0.05) is 0 Å². The smallest absolute Gasteiger partial charge is 0.258 e. The minimum absolute atomic E-state index is 0.0110. The van der Waals surface area contributed by atoms with E-state index in [1.807, 2.05) is 0 Å². The number of benzene rings is 1. The van der Waals surface area contributed by atoms with E-state index in [1.54, 1.807) is 19.1 Å². The Hall–Kier alpha value is -2.61. The molecule has 0 aliphatic heterocycles. The van der Waals surface area contributed by atoms with Gasteiger partial charge in [-0.05, 0) is 42.3 Å². The van der Waals surface area contributed by atoms with Crippen molar-refractivity contribution >= 4 is 23.2 Å². The molecule has 2 heterocycles. The van der Waals surface area contributed by atoms with E-state index >= 15 is 0 Å². The van der Waals surface area contributed by atoms with Crippen molar-refractivity contribution in [1.29, 1.82) is 0 Å². The first kappa shape index (κ1) is 13.4. The van der Waals surface area contributed by atoms with E-state index in [9.17, 15) is 4.39 Å². The summed E-state index contributed by atoms with van der Waals surface area (Å²) < 4.78 is 14.6. The van der Waals surface area contributed by atoms with Gasteiger partial charge < -0.3 is 5.32 Å². The molecule has 0 spiro atoms. The van der Waals surface area contributed by atoms with Crippen LogP contribution in [-0.2, 0) is 0 Å². The first-order chi connectivity index (χ1) is 10.1. The molecule has 2 aromatic heterocycles. The van der Waals surface area contributed by atoms with Gasteiger partial charge in [0.1, 0.15) is 18.5 Å². The molecular formula is C12H9ClFN7. The molecule has 0 radical (unpaired) electrons. The van der Waals surface area contributed by atoms with Gasteiger partial charge in [0.2, 0.25) is 11.2 Å². The predicted octanol–water partition coefficient (Wildman–Crippen LogP) is 2.30. The van der Waals surface area contributed by atoms with Crippen LogP contribution in [0.25, 0.3) is 5.95 Å². The van der Waals surface area contributed by atoms with Crippen LogP contribution in [0, 0.1) is 12.7 Å². The van der Waals surface area contributed by atoms with Crippen LogP contribution in [0.1, 0.15) is 5.56 Å². The molecule has 3 aromatic rings. The Bertz CT molecular complexity index is 775. The van der Waals surface area contributed by atoms with Crippen molar-refractivity contribution in [3.63, 3.8) is 0 Å². The summed E-state index contributed by atoms with van der Waals surface area (Å²) in [6.07, 6.45) is 2.80. The Labute approximate surface area is 123 Å². The highest BCUT2D eigenvalue weighted by Crippen LogP contribution is 2.18. The standard InChI is InChI=1S/C12H9ClFN7/c1-7-4-8(2-3-9(7)14)17-11-18-10(13)19-12(20-11)21-6-15-5-16-21/h2-6H,1H3,(H,17,18,19,20). The summed E-state index contributed by atoms with van der Waals surface area (Å²) in [6, 6.07) is 4.58. The molecular weight excluding hydrogens is 297 g/mol. The molecule has 0 atom stereocenters. The fourth-order valence-corrected chi connectivity index (χ4v) is 1.82. The average Bonchev–Trinajstić information content (AvgIpc) is 2.96. The summed E-state index contributed by atoms with van der Waals surface area (Å²) in [5.41, 5.74) is 1.15. The lowest BCUT2D eigenvalue weighted by Crippen LogP contribution is -2.07. The summed E-state index contributed by atoms with van der Waals surface area (Å²) in [4.78, 5) is 15.9. The molecule has 0 saturated heterocycles. The quantitative estimate of drug-likeness (QED) is 0.799. The topological polar surface area (TPSA) is 81.4 Å². The van der Waals surface area contributed by atoms with Crippen LogP contribution in [0.3, 0.4) is 0 Å². The third kappa shape index (κ3) is 2.95. The van der Waals surface area contributed by atoms with Gasteiger partial charge in [-0.15, -0.1) is 0 Å². The molecule has 0 fully saturated rings. The summed E-state index contributed by atoms with van der Waals surface area (Å²) in [7, 11) is 0. The van der Waals surface area contributed by atoms with Crippen LogP contribution in [0.5, 0.6) is 0 Å². The highest BCUT2D eigenvalue weighted by molar-refractivity contribution is 6.28. The first-order valence-electron chi connectivity index (χ1n) is 5.91. The monoisotopic (exact) mass is 305 g/mol. The predicted molar refractivity (Wildman–Crippen MR) is 74.2 cm³/mol. The first-order valence-corrected chi connectivity index (χ1v) is 6.29. The van der Waals surface area contributed by atoms with Gasteiger partial charge in [-0.3, -0.25) is 0 Å². The zero-order chi connectivity index (χ0) is 14.8. The highest BCUT2D eigenvalue weighted by Gasteiger charge is 2.08. The molecule has 1 aromatic carbocycles. The molecule has 0 aliphatic rings. The molecule has 0 unspecified atom stereocenters. The molecule has 106 valence electrons. The molecule has 7 nitrogen and oxygen atoms in total. The number of rotatable bonds is 3. The maximum Gasteiger partial charge on any atom is 0.258 e. The van der Waals surface area contributed by atoms with E-state index in [0.717, 1.165) is 0 Å². The van der Waals surface area contributed by atoms with E-state index in [-0.39, 0.29) is 23.0 Å². The van der Waals surface area contributed by atoms with Crippen molar-refractivity contribution in [3.8, 4) is 5.95 Å². The molecule has 0 amide bonds. The van der Waals surface area contributed by atoms with Gasteiger partial charge in [0.25, 0.3) is 5.95 Å². The fraction of sp³-hybridized carbons (Fsp3) is 0.0833. The molecule has 0 bridgehead atoms. The van der Waals surface area contributed by atoms with Crippen molar-refractivity contribution in [2.24, 2.45) is 0 Å². The van der Waals surface area contributed by atoms with Gasteiger partial charge in [-0.25, -0.2) is 9.37 Å². The minimum Gasteiger partial charge on any atom is -0.324 e. The van der Waals surface area contributed by atoms with Gasteiger partial charge >= 0.3 is 0 Å². The van der Waals surface area contributed by atoms with Crippen molar-refractivity contribution in [2.45, 2.75) is 6.92 Å². The number of aromatic nitrogens is 6. The van der Waals surface area contributed by atoms with Crippen molar-refractivity contribution < 1.29 is 4.39 Å². The number of nitrogens with zero attached hydrogens (tertiary/aromatic N) is 6. The molecule has 21 heavy (non-hydrogen) atoms. The largest absolute Gasteiger partial charge is 0.324 e. The number of anilines is 2. The third-order valence-electron chi connectivity index (χ3n) is 2.63. The van der Waals surface area contributed by atoms with E-state index in [0.29, 0.717) is 11.3 Å². The Balaban J connectivity index is 1.93. The van der Waals surface area contributed by atoms with Crippen LogP contribution in [0.15, 0.2) is 30.9 Å². The van der Waals surface area contributed by atoms with Crippen LogP contribution in [-0.4, -0.2) is 29.7 Å². The minimum atomic E-state index is -0.280. The van der Waals surface area contributed by atoms with E-state index < -0.39 is 0 Å². The summed E-state index contributed by atoms with van der Waals surface area (Å²) in [6.45, 7) is 1.67. The zero-order valence-corrected chi connectivity index (χ0v) is 11.6. The lowest BCUT2D eigenvalue weighted by Gasteiger charge is -2.07. The summed E-state index contributed by atoms with van der Waals surface area (Å²) in [5.74, 6) is 0.179. The average molecular weight is 306 g/mol. The Kier molecular flexibility index (Phi) is 3.44. The van der Waals surface area contributed by atoms with Crippen molar-refractivity contribution in [1.82, 2.24) is 29.7 Å². The lowest BCUT2D eigenvalue weighted by atomic mass is 10.2. The number of aryl methyl sites for hydroxylation is 1. The highest BCUT2D eigenvalue weighted by atomic mass is 35.5. The number of hydrogen-bond donors (Lipinski definition) is 1. The summed E-state index contributed by atoms with van der Waals surface area (Å²) >= 11 is 5.87. The molecule has 9 heteroatoms. The SMILES string of the molecule is Cc1cc(Nc2nc(Cl)nc(-n3cncn3)n2)ccc1F. The second kappa shape index (κ2) is 5.41. The number of halogens is 2. The van der Waals surface area contributed by atoms with E-state index in [4.69, 9.17) is 11.6 Å². The number of hydrogen-bond acceptors (Lipinski definition) is 6. The van der Waals surface area contributed by atoms with Crippen molar-refractivity contribution in [2.75, 3.05) is 5.32 Å². The second-order valence-corrected chi connectivity index (χ2v) is 4.50. The van der Waals surface area contributed by atoms with Crippen LogP contribution >= 0.6 is 11.6 Å². The Morgan fingerprint density at radius 1 is 1.24 bits per heavy atom. The third-order valence-corrected chi connectivity index (χ3v) is 2.80. The molecule has 0 aliphatic carbocycles. The van der Waals surface area contributed by atoms with Crippen LogP contribution in [0.4, 0.5) is 16.0 Å². The van der Waals surface area contributed by atoms with Crippen molar-refractivity contribution in [3.05, 3.63) is 47.5 Å². The van der Waals surface area contributed by atoms with E-state index in [2.05, 4.69) is 30.4 Å². The fourth-order valence-electron chi connectivity index (χ4n) is 1.66. The van der Waals surface area contributed by atoms with E-state index in [1.165, 1.54) is 23.4 Å². The van der Waals surface area contributed by atoms with Gasteiger partial charge in [-0.2, -0.15) is 24.7 Å². The maximum absolute atomic E-state index is 13.2. The number of nitrogens with one attached hydrogen (secondary N) is 1. The Morgan fingerprint density at radius 2 is 2.10 bits per heavy atom. The normalized spacial score (nSPS) is 10.6. The molecule has 0 saturated carbocycles. The maximum atomic E-state index is 13.2. The van der Waals surface area contributed by atoms with Crippen LogP contribution in [0.2, 0.25) is 5.28 Å². The molecule has 1 N–H and O–H groups in total. The lowest BCUT2D eigenvalue weighted by molar-refractivity contribution is 0.619. The second-order valence-electron chi connectivity index (χ2n) is 4.16. The van der Waals surface area contributed by atoms with Gasteiger partial charge in [0.15, 0.2) is 0 Å². The molecule has 3 rings (SSSR count). The zero-order valence-electron chi connectivity index (χ0n) is 10.8.